The Balaban J connectivity index is 1.26. The number of carbonyl (C=O) groups excluding carboxylic acids is 2. The molecule has 0 fully saturated rings. The summed E-state index contributed by atoms with van der Waals surface area (Å²) in [6.45, 7) is 17.7. The standard InChI is InChI=1S/C60H63N9O4/c1-9-39-34(5)55-53(43-23-16-18-25-45(43)63-52(70)27-20-30-72-59-62-29-28-51(61)69-59)56-35(6)40(10-2)48(65-56)32-50-42(12-4)37(8)58(67-50)54(57-36(7)41(11-3)49(66-57)31-47(39)64-55)44-24-17-19-26-46(44)68-60(71)73-33-38-21-14-13-15-22-38/h13-19,21-26,28-29,31-32,64,67H,9-12,20,27,30,33H2,1-8H3,(H,63,70)(H,68,71)(H2,61,62,69). The minimum atomic E-state index is -0.550. The number of allylic oxidation sites excluding steroid dienone is 4. The van der Waals surface area contributed by atoms with Gasteiger partial charge < -0.3 is 30.5 Å². The lowest BCUT2D eigenvalue weighted by atomic mass is 9.94. The maximum atomic E-state index is 13.8. The SMILES string of the molecule is CCC1=C(C)c2nc1cc1[nH]c(c(C)c1CC)c(-c1ccccc1NC(=O)OCc1ccccc1)c1nc(cc3[nH]c(c(C)c3CC)c2-c2ccccc2NC(=O)CCCOc2nccc(N)n2)C(CC)=C1C. The largest absolute Gasteiger partial charge is 0.463 e. The third-order valence-electron chi connectivity index (χ3n) is 14.0. The van der Waals surface area contributed by atoms with Gasteiger partial charge in [0, 0.05) is 51.6 Å². The number of nitrogen functional groups attached to an aromatic ring is 1. The molecule has 6 N–H and O–H groups in total. The van der Waals surface area contributed by atoms with Crippen LogP contribution in [0.3, 0.4) is 0 Å². The van der Waals surface area contributed by atoms with Gasteiger partial charge in [-0.25, -0.2) is 19.7 Å². The number of fused-ring (bicyclic) bond motifs is 8. The number of carbonyl (C=O) groups is 2. The van der Waals surface area contributed by atoms with Gasteiger partial charge in [0.2, 0.25) is 5.91 Å². The first kappa shape index (κ1) is 49.7. The van der Waals surface area contributed by atoms with Crippen molar-refractivity contribution in [1.82, 2.24) is 29.9 Å². The predicted molar refractivity (Wildman–Crippen MR) is 296 cm³/mol. The normalized spacial score (nSPS) is 12.3. The van der Waals surface area contributed by atoms with Gasteiger partial charge >= 0.3 is 12.1 Å². The number of benzene rings is 3. The molecule has 0 spiro atoms. The summed E-state index contributed by atoms with van der Waals surface area (Å²) in [7, 11) is 0. The molecule has 6 heterocycles. The van der Waals surface area contributed by atoms with Gasteiger partial charge in [0.15, 0.2) is 0 Å². The average Bonchev–Trinajstić information content (AvgIpc) is 4.08. The first-order valence-corrected chi connectivity index (χ1v) is 25.3. The van der Waals surface area contributed by atoms with Gasteiger partial charge in [-0.1, -0.05) is 94.4 Å². The van der Waals surface area contributed by atoms with Crippen molar-refractivity contribution in [2.75, 3.05) is 23.0 Å². The first-order chi connectivity index (χ1) is 35.4. The van der Waals surface area contributed by atoms with Crippen LogP contribution in [0.2, 0.25) is 0 Å². The molecule has 2 amide bonds. The number of ether oxygens (including phenoxy) is 2. The van der Waals surface area contributed by atoms with Crippen molar-refractivity contribution in [3.8, 4) is 28.3 Å². The highest BCUT2D eigenvalue weighted by Crippen LogP contribution is 2.46. The number of amides is 2. The summed E-state index contributed by atoms with van der Waals surface area (Å²) in [5.41, 5.74) is 27.4. The van der Waals surface area contributed by atoms with Crippen molar-refractivity contribution in [3.05, 3.63) is 154 Å². The summed E-state index contributed by atoms with van der Waals surface area (Å²) in [6, 6.07) is 31.7. The zero-order valence-electron chi connectivity index (χ0n) is 43.0. The van der Waals surface area contributed by atoms with Crippen LogP contribution in [0.15, 0.2) is 103 Å². The van der Waals surface area contributed by atoms with Gasteiger partial charge in [-0.3, -0.25) is 10.1 Å². The second-order valence-electron chi connectivity index (χ2n) is 18.4. The Morgan fingerprint density at radius 2 is 1.15 bits per heavy atom. The van der Waals surface area contributed by atoms with E-state index >= 15 is 0 Å². The summed E-state index contributed by atoms with van der Waals surface area (Å²) in [6.07, 6.45) is 4.64. The van der Waals surface area contributed by atoms with E-state index in [1.165, 1.54) is 0 Å². The van der Waals surface area contributed by atoms with Crippen LogP contribution in [0, 0.1) is 13.8 Å². The van der Waals surface area contributed by atoms with Crippen molar-refractivity contribution < 1.29 is 19.1 Å². The van der Waals surface area contributed by atoms with Crippen LogP contribution >= 0.6 is 0 Å². The lowest BCUT2D eigenvalue weighted by molar-refractivity contribution is -0.116. The fraction of sp³-hybridized carbons (Fsp3) is 0.267. The zero-order valence-corrected chi connectivity index (χ0v) is 43.0. The number of hydrogen-bond donors (Lipinski definition) is 5. The quantitative estimate of drug-likeness (QED) is 0.0624. The van der Waals surface area contributed by atoms with E-state index in [-0.39, 0.29) is 31.6 Å². The van der Waals surface area contributed by atoms with Crippen LogP contribution in [-0.4, -0.2) is 48.5 Å². The minimum Gasteiger partial charge on any atom is -0.463 e. The molecule has 73 heavy (non-hydrogen) atoms. The highest BCUT2D eigenvalue weighted by molar-refractivity contribution is 6.07. The van der Waals surface area contributed by atoms with E-state index < -0.39 is 6.09 Å². The molecule has 2 aliphatic heterocycles. The molecular formula is C60H63N9O4. The molecule has 0 atom stereocenters. The molecule has 4 aromatic heterocycles. The van der Waals surface area contributed by atoms with E-state index in [4.69, 9.17) is 25.2 Å². The molecule has 0 saturated carbocycles. The highest BCUT2D eigenvalue weighted by atomic mass is 16.5. The van der Waals surface area contributed by atoms with Crippen molar-refractivity contribution in [1.29, 1.82) is 0 Å². The summed E-state index contributed by atoms with van der Waals surface area (Å²) >= 11 is 0. The van der Waals surface area contributed by atoms with Gasteiger partial charge in [-0.15, -0.1) is 0 Å². The monoisotopic (exact) mass is 974 g/mol. The molecule has 372 valence electrons. The van der Waals surface area contributed by atoms with Crippen LogP contribution in [0.25, 0.3) is 66.6 Å². The van der Waals surface area contributed by atoms with Crippen LogP contribution < -0.4 is 21.1 Å². The number of nitrogens with one attached hydrogen (secondary N) is 4. The molecule has 3 aromatic carbocycles. The number of para-hydroxylation sites is 2. The van der Waals surface area contributed by atoms with Crippen LogP contribution in [-0.2, 0) is 29.0 Å². The third kappa shape index (κ3) is 10.00. The highest BCUT2D eigenvalue weighted by Gasteiger charge is 2.27. The molecule has 13 heteroatoms. The number of aromatic nitrogens is 6. The van der Waals surface area contributed by atoms with E-state index in [2.05, 4.69) is 104 Å². The van der Waals surface area contributed by atoms with E-state index in [1.807, 2.05) is 72.8 Å². The number of rotatable bonds is 15. The summed E-state index contributed by atoms with van der Waals surface area (Å²) in [5, 5.41) is 6.35. The maximum absolute atomic E-state index is 13.8. The van der Waals surface area contributed by atoms with Gasteiger partial charge in [-0.05, 0) is 140 Å². The lowest BCUT2D eigenvalue weighted by Gasteiger charge is -2.14. The van der Waals surface area contributed by atoms with Gasteiger partial charge in [0.25, 0.3) is 0 Å². The molecule has 8 bridgehead atoms. The molecule has 7 aromatic rings. The number of aryl methyl sites for hydroxylation is 4. The summed E-state index contributed by atoms with van der Waals surface area (Å²) < 4.78 is 11.5. The summed E-state index contributed by atoms with van der Waals surface area (Å²) in [5.74, 6) is 0.167. The van der Waals surface area contributed by atoms with Gasteiger partial charge in [0.1, 0.15) is 12.4 Å². The number of anilines is 3. The molecule has 9 rings (SSSR count). The fourth-order valence-corrected chi connectivity index (χ4v) is 10.4. The smallest absolute Gasteiger partial charge is 0.411 e. The van der Waals surface area contributed by atoms with E-state index in [1.54, 1.807) is 12.3 Å². The molecule has 0 unspecified atom stereocenters. The Kier molecular flexibility index (Phi) is 14.7. The molecule has 0 aliphatic carbocycles. The number of hydrogen-bond acceptors (Lipinski definition) is 9. The van der Waals surface area contributed by atoms with E-state index in [9.17, 15) is 9.59 Å². The van der Waals surface area contributed by atoms with Crippen molar-refractivity contribution in [2.24, 2.45) is 0 Å². The third-order valence-corrected chi connectivity index (χ3v) is 14.0. The number of nitrogens with zero attached hydrogens (tertiary/aromatic N) is 4. The Hall–Kier alpha value is -8.32. The number of nitrogens with two attached hydrogens (primary N) is 1. The van der Waals surface area contributed by atoms with Gasteiger partial charge in [-0.2, -0.15) is 4.98 Å². The lowest BCUT2D eigenvalue weighted by Crippen LogP contribution is -2.14. The number of H-pyrrole nitrogens is 2. The summed E-state index contributed by atoms with van der Waals surface area (Å²) in [4.78, 5) is 54.6. The van der Waals surface area contributed by atoms with Gasteiger partial charge in [0.05, 0.1) is 46.1 Å². The first-order valence-electron chi connectivity index (χ1n) is 25.3. The van der Waals surface area contributed by atoms with Crippen molar-refractivity contribution in [3.63, 3.8) is 0 Å². The molecule has 0 radical (unpaired) electrons. The molecule has 2 aliphatic rings. The van der Waals surface area contributed by atoms with Crippen molar-refractivity contribution >= 4 is 73.6 Å². The Bertz CT molecular complexity index is 3510. The molecular weight excluding hydrogens is 911 g/mol. The maximum Gasteiger partial charge on any atom is 0.411 e. The topological polar surface area (TPSA) is 186 Å². The second-order valence-corrected chi connectivity index (χ2v) is 18.4. The van der Waals surface area contributed by atoms with E-state index in [0.717, 1.165) is 143 Å². The van der Waals surface area contributed by atoms with E-state index in [0.29, 0.717) is 23.6 Å². The minimum absolute atomic E-state index is 0.140. The van der Waals surface area contributed by atoms with Crippen LogP contribution in [0.4, 0.5) is 22.0 Å². The zero-order chi connectivity index (χ0) is 51.3. The second kappa shape index (κ2) is 21.6. The van der Waals surface area contributed by atoms with Crippen LogP contribution in [0.1, 0.15) is 118 Å². The molecule has 0 saturated heterocycles. The van der Waals surface area contributed by atoms with Crippen LogP contribution in [0.5, 0.6) is 6.01 Å². The Morgan fingerprint density at radius 1 is 0.630 bits per heavy atom. The van der Waals surface area contributed by atoms with Crippen molar-refractivity contribution in [2.45, 2.75) is 101 Å². The average molecular weight is 974 g/mol. The number of aromatic amines is 2. The Labute approximate surface area is 426 Å². The molecule has 13 nitrogen and oxygen atoms in total. The predicted octanol–water partition coefficient (Wildman–Crippen LogP) is 14.0. The Morgan fingerprint density at radius 3 is 1.67 bits per heavy atom. The fourth-order valence-electron chi connectivity index (χ4n) is 10.4.